The minimum Gasteiger partial charge on any atom is -0.326 e. The lowest BCUT2D eigenvalue weighted by Gasteiger charge is -2.33. The van der Waals surface area contributed by atoms with Crippen molar-refractivity contribution in [3.05, 3.63) is 70.8 Å². The number of hydrogen-bond donors (Lipinski definition) is 1. The van der Waals surface area contributed by atoms with Crippen molar-refractivity contribution in [1.82, 2.24) is 4.90 Å². The number of nitrogens with two attached hydrogens (primary N) is 1. The van der Waals surface area contributed by atoms with E-state index < -0.39 is 0 Å². The number of nitrogens with zero attached hydrogens (tertiary/aromatic N) is 1. The van der Waals surface area contributed by atoms with Crippen LogP contribution in [0.5, 0.6) is 0 Å². The predicted molar refractivity (Wildman–Crippen MR) is 79.0 cm³/mol. The molecule has 3 rings (SSSR count). The first-order valence-corrected chi connectivity index (χ1v) is 6.83. The number of likely N-dealkylation sites (N-methyl/N-ethyl adjacent to an activating group) is 1. The van der Waals surface area contributed by atoms with E-state index in [0.717, 1.165) is 13.1 Å². The molecular formula is C17H20N2. The second-order valence-electron chi connectivity index (χ2n) is 5.40. The molecule has 0 saturated heterocycles. The maximum Gasteiger partial charge on any atom is 0.0234 e. The van der Waals surface area contributed by atoms with Gasteiger partial charge in [-0.3, -0.25) is 0 Å². The lowest BCUT2D eigenvalue weighted by Crippen LogP contribution is -2.31. The van der Waals surface area contributed by atoms with Gasteiger partial charge in [-0.2, -0.15) is 0 Å². The van der Waals surface area contributed by atoms with Crippen LogP contribution in [0.2, 0.25) is 0 Å². The zero-order valence-electron chi connectivity index (χ0n) is 11.3. The van der Waals surface area contributed by atoms with E-state index in [0.29, 0.717) is 12.5 Å². The molecule has 0 fully saturated rings. The molecular weight excluding hydrogens is 232 g/mol. The molecule has 1 unspecified atom stereocenters. The first-order chi connectivity index (χ1) is 9.28. The van der Waals surface area contributed by atoms with E-state index in [2.05, 4.69) is 60.5 Å². The molecule has 0 aliphatic carbocycles. The summed E-state index contributed by atoms with van der Waals surface area (Å²) in [5.41, 5.74) is 11.3. The van der Waals surface area contributed by atoms with E-state index >= 15 is 0 Å². The van der Waals surface area contributed by atoms with Crippen LogP contribution < -0.4 is 5.73 Å². The lowest BCUT2D eigenvalue weighted by atomic mass is 9.84. The monoisotopic (exact) mass is 252 g/mol. The van der Waals surface area contributed by atoms with E-state index in [4.69, 9.17) is 5.73 Å². The Hall–Kier alpha value is -1.64. The summed E-state index contributed by atoms with van der Waals surface area (Å²) in [6.07, 6.45) is 0. The summed E-state index contributed by atoms with van der Waals surface area (Å²) in [6.45, 7) is 2.72. The molecule has 1 heterocycles. The lowest BCUT2D eigenvalue weighted by molar-refractivity contribution is 0.295. The Morgan fingerprint density at radius 2 is 1.95 bits per heavy atom. The number of benzene rings is 2. The van der Waals surface area contributed by atoms with Crippen LogP contribution >= 0.6 is 0 Å². The van der Waals surface area contributed by atoms with Crippen LogP contribution in [0.4, 0.5) is 0 Å². The van der Waals surface area contributed by atoms with Gasteiger partial charge in [0.15, 0.2) is 0 Å². The molecule has 1 aliphatic heterocycles. The zero-order valence-corrected chi connectivity index (χ0v) is 11.3. The van der Waals surface area contributed by atoms with Gasteiger partial charge in [0.05, 0.1) is 0 Å². The van der Waals surface area contributed by atoms with Crippen molar-refractivity contribution < 1.29 is 0 Å². The summed E-state index contributed by atoms with van der Waals surface area (Å²) >= 11 is 0. The molecule has 0 amide bonds. The van der Waals surface area contributed by atoms with E-state index in [1.54, 1.807) is 0 Å². The van der Waals surface area contributed by atoms with Crippen molar-refractivity contribution in [2.45, 2.75) is 19.0 Å². The maximum absolute atomic E-state index is 5.75. The Bertz CT molecular complexity index is 563. The zero-order chi connectivity index (χ0) is 13.2. The molecule has 2 nitrogen and oxygen atoms in total. The molecule has 1 aliphatic rings. The Morgan fingerprint density at radius 1 is 1.16 bits per heavy atom. The molecule has 2 N–H and O–H groups in total. The molecule has 19 heavy (non-hydrogen) atoms. The van der Waals surface area contributed by atoms with Gasteiger partial charge in [-0.25, -0.2) is 0 Å². The summed E-state index contributed by atoms with van der Waals surface area (Å²) in [6, 6.07) is 17.5. The summed E-state index contributed by atoms with van der Waals surface area (Å²) in [7, 11) is 2.19. The topological polar surface area (TPSA) is 29.3 Å². The Morgan fingerprint density at radius 3 is 2.68 bits per heavy atom. The van der Waals surface area contributed by atoms with Crippen molar-refractivity contribution in [3.8, 4) is 0 Å². The van der Waals surface area contributed by atoms with E-state index in [1.165, 1.54) is 22.3 Å². The first-order valence-electron chi connectivity index (χ1n) is 6.83. The highest BCUT2D eigenvalue weighted by Crippen LogP contribution is 2.33. The predicted octanol–water partition coefficient (Wildman–Crippen LogP) is 2.72. The van der Waals surface area contributed by atoms with Crippen molar-refractivity contribution in [2.75, 3.05) is 13.6 Å². The fourth-order valence-electron chi connectivity index (χ4n) is 3.00. The van der Waals surface area contributed by atoms with E-state index in [9.17, 15) is 0 Å². The Kier molecular flexibility index (Phi) is 3.36. The van der Waals surface area contributed by atoms with Gasteiger partial charge in [-0.1, -0.05) is 48.5 Å². The van der Waals surface area contributed by atoms with E-state index in [-0.39, 0.29) is 0 Å². The average Bonchev–Trinajstić information content (AvgIpc) is 2.46. The molecule has 0 bridgehead atoms. The van der Waals surface area contributed by atoms with Gasteiger partial charge in [0.2, 0.25) is 0 Å². The van der Waals surface area contributed by atoms with E-state index in [1.807, 2.05) is 0 Å². The molecule has 98 valence electrons. The summed E-state index contributed by atoms with van der Waals surface area (Å²) in [5, 5.41) is 0. The summed E-state index contributed by atoms with van der Waals surface area (Å²) in [5.74, 6) is 0.474. The van der Waals surface area contributed by atoms with Gasteiger partial charge < -0.3 is 10.6 Å². The third-order valence-electron chi connectivity index (χ3n) is 3.95. The van der Waals surface area contributed by atoms with Gasteiger partial charge in [0, 0.05) is 25.6 Å². The highest BCUT2D eigenvalue weighted by molar-refractivity contribution is 5.42. The third kappa shape index (κ3) is 2.42. The van der Waals surface area contributed by atoms with Gasteiger partial charge >= 0.3 is 0 Å². The van der Waals surface area contributed by atoms with Crippen LogP contribution in [0.3, 0.4) is 0 Å². The van der Waals surface area contributed by atoms with Gasteiger partial charge in [0.25, 0.3) is 0 Å². The molecule has 2 heteroatoms. The quantitative estimate of drug-likeness (QED) is 0.890. The van der Waals surface area contributed by atoms with Crippen molar-refractivity contribution in [2.24, 2.45) is 5.73 Å². The molecule has 1 atom stereocenters. The van der Waals surface area contributed by atoms with Crippen LogP contribution in [0.1, 0.15) is 28.2 Å². The van der Waals surface area contributed by atoms with Crippen molar-refractivity contribution in [3.63, 3.8) is 0 Å². The minimum absolute atomic E-state index is 0.474. The maximum atomic E-state index is 5.75. The van der Waals surface area contributed by atoms with Crippen LogP contribution in [-0.4, -0.2) is 18.5 Å². The van der Waals surface area contributed by atoms with Gasteiger partial charge in [-0.05, 0) is 29.3 Å². The molecule has 0 saturated carbocycles. The fourth-order valence-corrected chi connectivity index (χ4v) is 3.00. The first kappa shape index (κ1) is 12.4. The Balaban J connectivity index is 2.05. The number of hydrogen-bond acceptors (Lipinski definition) is 2. The minimum atomic E-state index is 0.474. The Labute approximate surface area is 114 Å². The second kappa shape index (κ2) is 5.16. The normalized spacial score (nSPS) is 19.2. The largest absolute Gasteiger partial charge is 0.326 e. The molecule has 0 spiro atoms. The second-order valence-corrected chi connectivity index (χ2v) is 5.40. The van der Waals surface area contributed by atoms with Crippen LogP contribution in [-0.2, 0) is 13.1 Å². The van der Waals surface area contributed by atoms with Crippen molar-refractivity contribution >= 4 is 0 Å². The fraction of sp³-hybridized carbons (Fsp3) is 0.294. The molecule has 2 aromatic rings. The smallest absolute Gasteiger partial charge is 0.0234 e. The number of fused-ring (bicyclic) bond motifs is 1. The van der Waals surface area contributed by atoms with Crippen molar-refractivity contribution in [1.29, 1.82) is 0 Å². The third-order valence-corrected chi connectivity index (χ3v) is 3.95. The standard InChI is InChI=1S/C17H20N2/c1-19-11-15-9-13(10-18)7-8-16(15)17(12-19)14-5-3-2-4-6-14/h2-9,17H,10-12,18H2,1H3. The summed E-state index contributed by atoms with van der Waals surface area (Å²) in [4.78, 5) is 2.39. The molecule has 0 radical (unpaired) electrons. The molecule has 0 aromatic heterocycles. The average molecular weight is 252 g/mol. The highest BCUT2D eigenvalue weighted by atomic mass is 15.1. The summed E-state index contributed by atoms with van der Waals surface area (Å²) < 4.78 is 0. The number of rotatable bonds is 2. The van der Waals surface area contributed by atoms with Crippen LogP contribution in [0, 0.1) is 0 Å². The van der Waals surface area contributed by atoms with Gasteiger partial charge in [-0.15, -0.1) is 0 Å². The van der Waals surface area contributed by atoms with Gasteiger partial charge in [0.1, 0.15) is 0 Å². The highest BCUT2D eigenvalue weighted by Gasteiger charge is 2.24. The van der Waals surface area contributed by atoms with Crippen LogP contribution in [0.25, 0.3) is 0 Å². The molecule has 2 aromatic carbocycles. The SMILES string of the molecule is CN1Cc2cc(CN)ccc2C(c2ccccc2)C1. The van der Waals surface area contributed by atoms with Crippen LogP contribution in [0.15, 0.2) is 48.5 Å².